The molecule has 19 heavy (non-hydrogen) atoms. The van der Waals surface area contributed by atoms with Crippen LogP contribution in [0.1, 0.15) is 0 Å². The number of nitrogens with two attached hydrogens (primary N) is 1. The Morgan fingerprint density at radius 1 is 1.32 bits per heavy atom. The molecule has 7 heteroatoms. The fraction of sp³-hybridized carbons (Fsp3) is 0.0833. The van der Waals surface area contributed by atoms with E-state index >= 15 is 0 Å². The molecule has 0 unspecified atom stereocenters. The van der Waals surface area contributed by atoms with E-state index in [1.807, 2.05) is 0 Å². The lowest BCUT2D eigenvalue weighted by Gasteiger charge is -2.19. The van der Waals surface area contributed by atoms with Gasteiger partial charge in [0.1, 0.15) is 10.7 Å². The van der Waals surface area contributed by atoms with Crippen LogP contribution in [0.25, 0.3) is 0 Å². The largest absolute Gasteiger partial charge is 0.399 e. The predicted octanol–water partition coefficient (Wildman–Crippen LogP) is 1.63. The SMILES string of the molecule is CN(c1cccnc1)S(=O)(=O)c1cc(N)ccc1F. The molecule has 0 atom stereocenters. The molecule has 1 aromatic carbocycles. The normalized spacial score (nSPS) is 11.3. The Morgan fingerprint density at radius 3 is 2.68 bits per heavy atom. The molecule has 5 nitrogen and oxygen atoms in total. The van der Waals surface area contributed by atoms with Crippen molar-refractivity contribution in [1.82, 2.24) is 4.98 Å². The molecule has 0 amide bonds. The number of aromatic nitrogens is 1. The number of sulfonamides is 1. The highest BCUT2D eigenvalue weighted by Crippen LogP contribution is 2.24. The van der Waals surface area contributed by atoms with Gasteiger partial charge in [-0.3, -0.25) is 9.29 Å². The van der Waals surface area contributed by atoms with Gasteiger partial charge in [-0.2, -0.15) is 0 Å². The fourth-order valence-electron chi connectivity index (χ4n) is 1.54. The van der Waals surface area contributed by atoms with Crippen LogP contribution in [0.3, 0.4) is 0 Å². The maximum atomic E-state index is 13.7. The number of hydrogen-bond acceptors (Lipinski definition) is 4. The third-order valence-electron chi connectivity index (χ3n) is 2.60. The van der Waals surface area contributed by atoms with Crippen LogP contribution in [0.5, 0.6) is 0 Å². The number of rotatable bonds is 3. The lowest BCUT2D eigenvalue weighted by Crippen LogP contribution is -2.27. The summed E-state index contributed by atoms with van der Waals surface area (Å²) >= 11 is 0. The number of nitrogens with zero attached hydrogens (tertiary/aromatic N) is 2. The van der Waals surface area contributed by atoms with Gasteiger partial charge < -0.3 is 5.73 Å². The molecule has 100 valence electrons. The molecule has 0 radical (unpaired) electrons. The molecular weight excluding hydrogens is 269 g/mol. The van der Waals surface area contributed by atoms with Gasteiger partial charge in [-0.05, 0) is 30.3 Å². The predicted molar refractivity (Wildman–Crippen MR) is 70.6 cm³/mol. The second-order valence-corrected chi connectivity index (χ2v) is 5.81. The van der Waals surface area contributed by atoms with Crippen molar-refractivity contribution < 1.29 is 12.8 Å². The van der Waals surface area contributed by atoms with E-state index in [-0.39, 0.29) is 5.69 Å². The van der Waals surface area contributed by atoms with Crippen molar-refractivity contribution in [2.24, 2.45) is 0 Å². The highest BCUT2D eigenvalue weighted by molar-refractivity contribution is 7.92. The number of hydrogen-bond donors (Lipinski definition) is 1. The van der Waals surface area contributed by atoms with Crippen LogP contribution < -0.4 is 10.0 Å². The third kappa shape index (κ3) is 2.50. The van der Waals surface area contributed by atoms with E-state index in [0.29, 0.717) is 5.69 Å². The van der Waals surface area contributed by atoms with Gasteiger partial charge in [0.25, 0.3) is 10.0 Å². The standard InChI is InChI=1S/C12H12FN3O2S/c1-16(10-3-2-6-15-8-10)19(17,18)12-7-9(14)4-5-11(12)13/h2-8H,14H2,1H3. The highest BCUT2D eigenvalue weighted by Gasteiger charge is 2.25. The second kappa shape index (κ2) is 4.85. The van der Waals surface area contributed by atoms with Crippen molar-refractivity contribution in [3.05, 3.63) is 48.5 Å². The van der Waals surface area contributed by atoms with E-state index in [1.165, 1.54) is 25.5 Å². The minimum absolute atomic E-state index is 0.180. The number of anilines is 2. The highest BCUT2D eigenvalue weighted by atomic mass is 32.2. The zero-order valence-electron chi connectivity index (χ0n) is 10.1. The monoisotopic (exact) mass is 281 g/mol. The minimum atomic E-state index is -4.01. The van der Waals surface area contributed by atoms with Crippen molar-refractivity contribution in [3.8, 4) is 0 Å². The van der Waals surface area contributed by atoms with Crippen LogP contribution in [-0.4, -0.2) is 20.4 Å². The van der Waals surface area contributed by atoms with Gasteiger partial charge in [-0.15, -0.1) is 0 Å². The van der Waals surface area contributed by atoms with Gasteiger partial charge in [-0.25, -0.2) is 12.8 Å². The topological polar surface area (TPSA) is 76.3 Å². The first-order valence-corrected chi connectivity index (χ1v) is 6.81. The first-order chi connectivity index (χ1) is 8.93. The Kier molecular flexibility index (Phi) is 3.39. The van der Waals surface area contributed by atoms with E-state index in [2.05, 4.69) is 4.98 Å². The smallest absolute Gasteiger partial charge is 0.267 e. The number of pyridine rings is 1. The molecule has 2 N–H and O–H groups in total. The molecular formula is C12H12FN3O2S. The number of nitrogen functional groups attached to an aromatic ring is 1. The lowest BCUT2D eigenvalue weighted by molar-refractivity contribution is 0.566. The molecule has 0 spiro atoms. The molecule has 0 saturated heterocycles. The summed E-state index contributed by atoms with van der Waals surface area (Å²) in [4.78, 5) is 3.37. The molecule has 1 aromatic heterocycles. The quantitative estimate of drug-likeness (QED) is 0.867. The van der Waals surface area contributed by atoms with Crippen LogP contribution in [0, 0.1) is 5.82 Å². The van der Waals surface area contributed by atoms with E-state index in [4.69, 9.17) is 5.73 Å². The Morgan fingerprint density at radius 2 is 2.05 bits per heavy atom. The van der Waals surface area contributed by atoms with Crippen molar-refractivity contribution in [2.45, 2.75) is 4.90 Å². The van der Waals surface area contributed by atoms with Crippen molar-refractivity contribution in [1.29, 1.82) is 0 Å². The van der Waals surface area contributed by atoms with Crippen molar-refractivity contribution in [3.63, 3.8) is 0 Å². The van der Waals surface area contributed by atoms with Crippen LogP contribution in [0.15, 0.2) is 47.6 Å². The molecule has 0 aliphatic heterocycles. The minimum Gasteiger partial charge on any atom is -0.399 e. The Balaban J connectivity index is 2.51. The zero-order valence-corrected chi connectivity index (χ0v) is 10.9. The second-order valence-electron chi connectivity index (χ2n) is 3.87. The van der Waals surface area contributed by atoms with Gasteiger partial charge in [0, 0.05) is 18.9 Å². The summed E-state index contributed by atoms with van der Waals surface area (Å²) in [5.41, 5.74) is 6.02. The van der Waals surface area contributed by atoms with Crippen LogP contribution >= 0.6 is 0 Å². The fourth-order valence-corrected chi connectivity index (χ4v) is 2.82. The number of benzene rings is 1. The zero-order chi connectivity index (χ0) is 14.0. The molecule has 1 heterocycles. The first kappa shape index (κ1) is 13.3. The third-order valence-corrected chi connectivity index (χ3v) is 4.40. The van der Waals surface area contributed by atoms with Crippen molar-refractivity contribution >= 4 is 21.4 Å². The Hall–Kier alpha value is -2.15. The molecule has 0 aliphatic rings. The van der Waals surface area contributed by atoms with Gasteiger partial charge in [-0.1, -0.05) is 0 Å². The summed E-state index contributed by atoms with van der Waals surface area (Å²) in [5.74, 6) is -0.843. The molecule has 0 bridgehead atoms. The first-order valence-electron chi connectivity index (χ1n) is 5.37. The van der Waals surface area contributed by atoms with Gasteiger partial charge in [0.05, 0.1) is 11.9 Å². The molecule has 0 aliphatic carbocycles. The Labute approximate surface area is 110 Å². The lowest BCUT2D eigenvalue weighted by atomic mass is 10.3. The summed E-state index contributed by atoms with van der Waals surface area (Å²) in [6.45, 7) is 0. The average molecular weight is 281 g/mol. The van der Waals surface area contributed by atoms with E-state index in [9.17, 15) is 12.8 Å². The van der Waals surface area contributed by atoms with Gasteiger partial charge in [0.2, 0.25) is 0 Å². The summed E-state index contributed by atoms with van der Waals surface area (Å²) in [7, 11) is -2.68. The van der Waals surface area contributed by atoms with Crippen LogP contribution in [0.4, 0.5) is 15.8 Å². The molecule has 2 aromatic rings. The maximum absolute atomic E-state index is 13.7. The van der Waals surface area contributed by atoms with Gasteiger partial charge >= 0.3 is 0 Å². The van der Waals surface area contributed by atoms with E-state index in [0.717, 1.165) is 16.4 Å². The average Bonchev–Trinajstić information content (AvgIpc) is 2.41. The Bertz CT molecular complexity index is 689. The van der Waals surface area contributed by atoms with Crippen LogP contribution in [0.2, 0.25) is 0 Å². The molecule has 0 fully saturated rings. The summed E-state index contributed by atoms with van der Waals surface area (Å²) in [6.07, 6.45) is 2.90. The molecule has 2 rings (SSSR count). The van der Waals surface area contributed by atoms with Gasteiger partial charge in [0.15, 0.2) is 0 Å². The number of halogens is 1. The van der Waals surface area contributed by atoms with E-state index in [1.54, 1.807) is 12.1 Å². The summed E-state index contributed by atoms with van der Waals surface area (Å²) in [5, 5.41) is 0. The van der Waals surface area contributed by atoms with E-state index < -0.39 is 20.7 Å². The summed E-state index contributed by atoms with van der Waals surface area (Å²) < 4.78 is 39.2. The maximum Gasteiger partial charge on any atom is 0.267 e. The van der Waals surface area contributed by atoms with Crippen molar-refractivity contribution in [2.75, 3.05) is 17.1 Å². The van der Waals surface area contributed by atoms with Crippen LogP contribution in [-0.2, 0) is 10.0 Å². The molecule has 0 saturated carbocycles. The summed E-state index contributed by atoms with van der Waals surface area (Å²) in [6, 6.07) is 6.58.